The highest BCUT2D eigenvalue weighted by Gasteiger charge is 2.12. The molecule has 4 heteroatoms. The Morgan fingerprint density at radius 3 is 2.89 bits per heavy atom. The molecule has 0 amide bonds. The topological polar surface area (TPSA) is 43.0 Å². The summed E-state index contributed by atoms with van der Waals surface area (Å²) in [5.74, 6) is 1.05. The lowest BCUT2D eigenvalue weighted by Gasteiger charge is -2.03. The first-order chi connectivity index (χ1) is 9.28. The molecule has 19 heavy (non-hydrogen) atoms. The molecule has 3 rings (SSSR count). The highest BCUT2D eigenvalue weighted by Crippen LogP contribution is 2.26. The van der Waals surface area contributed by atoms with E-state index >= 15 is 0 Å². The molecule has 2 heterocycles. The number of nitrogens with zero attached hydrogens (tertiary/aromatic N) is 2. The van der Waals surface area contributed by atoms with Gasteiger partial charge < -0.3 is 9.73 Å². The van der Waals surface area contributed by atoms with Gasteiger partial charge in [-0.1, -0.05) is 25.1 Å². The molecule has 0 unspecified atom stereocenters. The zero-order valence-electron chi connectivity index (χ0n) is 11.2. The van der Waals surface area contributed by atoms with Crippen molar-refractivity contribution in [1.82, 2.24) is 9.78 Å². The number of nitrogens with one attached hydrogen (secondary N) is 1. The van der Waals surface area contributed by atoms with Crippen molar-refractivity contribution in [3.8, 4) is 0 Å². The van der Waals surface area contributed by atoms with Crippen LogP contribution in [-0.2, 0) is 20.0 Å². The highest BCUT2D eigenvalue weighted by atomic mass is 16.3. The Labute approximate surface area is 112 Å². The van der Waals surface area contributed by atoms with E-state index in [-0.39, 0.29) is 0 Å². The van der Waals surface area contributed by atoms with Crippen LogP contribution in [0.2, 0.25) is 0 Å². The lowest BCUT2D eigenvalue weighted by atomic mass is 10.1. The molecular weight excluding hydrogens is 238 g/mol. The third-order valence-corrected chi connectivity index (χ3v) is 3.28. The largest absolute Gasteiger partial charge is 0.461 e. The van der Waals surface area contributed by atoms with Gasteiger partial charge in [0.1, 0.15) is 11.3 Å². The van der Waals surface area contributed by atoms with Crippen LogP contribution in [0.1, 0.15) is 18.2 Å². The average molecular weight is 255 g/mol. The quantitative estimate of drug-likeness (QED) is 0.777. The monoisotopic (exact) mass is 255 g/mol. The second-order valence-electron chi connectivity index (χ2n) is 4.61. The van der Waals surface area contributed by atoms with Crippen LogP contribution in [0.15, 0.2) is 41.1 Å². The number of fused-ring (bicyclic) bond motifs is 1. The fourth-order valence-electron chi connectivity index (χ4n) is 2.33. The van der Waals surface area contributed by atoms with Gasteiger partial charge in [-0.25, -0.2) is 0 Å². The number of aryl methyl sites for hydroxylation is 2. The predicted molar refractivity (Wildman–Crippen MR) is 76.1 cm³/mol. The maximum atomic E-state index is 5.88. The number of hydrogen-bond acceptors (Lipinski definition) is 3. The maximum absolute atomic E-state index is 5.88. The van der Waals surface area contributed by atoms with E-state index in [1.165, 1.54) is 10.9 Å². The summed E-state index contributed by atoms with van der Waals surface area (Å²) < 4.78 is 7.67. The Morgan fingerprint density at radius 2 is 2.16 bits per heavy atom. The summed E-state index contributed by atoms with van der Waals surface area (Å²) in [6, 6.07) is 8.18. The van der Waals surface area contributed by atoms with Crippen LogP contribution < -0.4 is 5.32 Å². The molecule has 0 saturated heterocycles. The number of furan rings is 1. The fourth-order valence-corrected chi connectivity index (χ4v) is 2.33. The molecule has 0 aliphatic heterocycles. The number of benzene rings is 1. The molecule has 3 aromatic rings. The summed E-state index contributed by atoms with van der Waals surface area (Å²) in [5, 5.41) is 8.73. The number of rotatable bonds is 4. The molecule has 98 valence electrons. The molecule has 0 bridgehead atoms. The smallest absolute Gasteiger partial charge is 0.134 e. The van der Waals surface area contributed by atoms with Crippen LogP contribution in [0.5, 0.6) is 0 Å². The fraction of sp³-hybridized carbons (Fsp3) is 0.267. The molecule has 4 nitrogen and oxygen atoms in total. The number of anilines is 1. The van der Waals surface area contributed by atoms with Crippen LogP contribution in [-0.4, -0.2) is 9.78 Å². The van der Waals surface area contributed by atoms with Crippen molar-refractivity contribution in [3.63, 3.8) is 0 Å². The van der Waals surface area contributed by atoms with Crippen molar-refractivity contribution in [3.05, 3.63) is 48.0 Å². The minimum atomic E-state index is 0.756. The van der Waals surface area contributed by atoms with E-state index in [4.69, 9.17) is 4.42 Å². The van der Waals surface area contributed by atoms with Crippen LogP contribution in [0, 0.1) is 0 Å². The van der Waals surface area contributed by atoms with Crippen LogP contribution in [0.25, 0.3) is 11.0 Å². The average Bonchev–Trinajstić information content (AvgIpc) is 2.99. The predicted octanol–water partition coefficient (Wildman–Crippen LogP) is 3.34. The van der Waals surface area contributed by atoms with E-state index in [2.05, 4.69) is 23.4 Å². The minimum absolute atomic E-state index is 0.756. The number of aromatic nitrogens is 2. The van der Waals surface area contributed by atoms with Gasteiger partial charge in [0.2, 0.25) is 0 Å². The SMILES string of the molecule is CCc1oc2ccccc2c1CNc1cnn(C)c1. The molecule has 0 saturated carbocycles. The van der Waals surface area contributed by atoms with Gasteiger partial charge in [-0.3, -0.25) is 4.68 Å². The van der Waals surface area contributed by atoms with Crippen LogP contribution >= 0.6 is 0 Å². The second kappa shape index (κ2) is 4.80. The Bertz CT molecular complexity index is 696. The van der Waals surface area contributed by atoms with E-state index in [0.29, 0.717) is 0 Å². The van der Waals surface area contributed by atoms with Crippen molar-refractivity contribution < 1.29 is 4.42 Å². The molecule has 1 aromatic carbocycles. The molecule has 0 radical (unpaired) electrons. The van der Waals surface area contributed by atoms with Crippen molar-refractivity contribution in [2.45, 2.75) is 19.9 Å². The van der Waals surface area contributed by atoms with E-state index in [1.54, 1.807) is 4.68 Å². The normalized spacial score (nSPS) is 11.1. The van der Waals surface area contributed by atoms with E-state index in [1.807, 2.05) is 37.6 Å². The Hall–Kier alpha value is -2.23. The Balaban J connectivity index is 1.90. The highest BCUT2D eigenvalue weighted by molar-refractivity contribution is 5.82. The summed E-state index contributed by atoms with van der Waals surface area (Å²) in [4.78, 5) is 0. The zero-order valence-corrected chi connectivity index (χ0v) is 11.2. The van der Waals surface area contributed by atoms with Crippen molar-refractivity contribution in [2.75, 3.05) is 5.32 Å². The summed E-state index contributed by atoms with van der Waals surface area (Å²) in [6.45, 7) is 2.87. The molecule has 0 fully saturated rings. The minimum Gasteiger partial charge on any atom is -0.461 e. The molecular formula is C15H17N3O. The van der Waals surface area contributed by atoms with Crippen molar-refractivity contribution >= 4 is 16.7 Å². The Morgan fingerprint density at radius 1 is 1.32 bits per heavy atom. The summed E-state index contributed by atoms with van der Waals surface area (Å²) in [6.07, 6.45) is 4.69. The molecule has 0 atom stereocenters. The van der Waals surface area contributed by atoms with Crippen molar-refractivity contribution in [1.29, 1.82) is 0 Å². The summed E-state index contributed by atoms with van der Waals surface area (Å²) in [7, 11) is 1.91. The first-order valence-electron chi connectivity index (χ1n) is 6.49. The maximum Gasteiger partial charge on any atom is 0.134 e. The third-order valence-electron chi connectivity index (χ3n) is 3.28. The molecule has 2 aromatic heterocycles. The van der Waals surface area contributed by atoms with E-state index in [0.717, 1.165) is 30.0 Å². The van der Waals surface area contributed by atoms with Crippen LogP contribution in [0.3, 0.4) is 0 Å². The second-order valence-corrected chi connectivity index (χ2v) is 4.61. The summed E-state index contributed by atoms with van der Waals surface area (Å²) in [5.41, 5.74) is 3.22. The van der Waals surface area contributed by atoms with Gasteiger partial charge >= 0.3 is 0 Å². The van der Waals surface area contributed by atoms with Gasteiger partial charge in [-0.15, -0.1) is 0 Å². The van der Waals surface area contributed by atoms with E-state index in [9.17, 15) is 0 Å². The first kappa shape index (κ1) is 11.8. The molecule has 0 aliphatic carbocycles. The number of para-hydroxylation sites is 1. The van der Waals surface area contributed by atoms with Crippen LogP contribution in [0.4, 0.5) is 5.69 Å². The number of hydrogen-bond donors (Lipinski definition) is 1. The molecule has 0 aliphatic rings. The first-order valence-corrected chi connectivity index (χ1v) is 6.49. The summed E-state index contributed by atoms with van der Waals surface area (Å²) >= 11 is 0. The van der Waals surface area contributed by atoms with Gasteiger partial charge in [0, 0.05) is 37.2 Å². The van der Waals surface area contributed by atoms with E-state index < -0.39 is 0 Å². The lowest BCUT2D eigenvalue weighted by Crippen LogP contribution is -2.00. The van der Waals surface area contributed by atoms with Gasteiger partial charge in [0.05, 0.1) is 11.9 Å². The van der Waals surface area contributed by atoms with Gasteiger partial charge in [0.15, 0.2) is 0 Å². The van der Waals surface area contributed by atoms with Gasteiger partial charge in [-0.2, -0.15) is 5.10 Å². The van der Waals surface area contributed by atoms with Gasteiger partial charge in [-0.05, 0) is 6.07 Å². The van der Waals surface area contributed by atoms with Crippen molar-refractivity contribution in [2.24, 2.45) is 7.05 Å². The van der Waals surface area contributed by atoms with Gasteiger partial charge in [0.25, 0.3) is 0 Å². The Kier molecular flexibility index (Phi) is 2.99. The molecule has 1 N–H and O–H groups in total. The zero-order chi connectivity index (χ0) is 13.2. The standard InChI is InChI=1S/C15H17N3O/c1-3-14-13(9-16-11-8-17-18(2)10-11)12-6-4-5-7-15(12)19-14/h4-8,10,16H,3,9H2,1-2H3. The lowest BCUT2D eigenvalue weighted by molar-refractivity contribution is 0.551. The molecule has 0 spiro atoms. The third kappa shape index (κ3) is 2.21.